The normalized spacial score (nSPS) is 32.2. The molecular formula is C17H34N2. The highest BCUT2D eigenvalue weighted by molar-refractivity contribution is 4.93. The van der Waals surface area contributed by atoms with Gasteiger partial charge in [-0.1, -0.05) is 19.8 Å². The van der Waals surface area contributed by atoms with Crippen molar-refractivity contribution in [1.82, 2.24) is 10.2 Å². The average Bonchev–Trinajstić information content (AvgIpc) is 3.20. The second kappa shape index (κ2) is 7.08. The summed E-state index contributed by atoms with van der Waals surface area (Å²) in [4.78, 5) is 2.82. The summed E-state index contributed by atoms with van der Waals surface area (Å²) < 4.78 is 0. The van der Waals surface area contributed by atoms with Crippen molar-refractivity contribution in [2.75, 3.05) is 13.6 Å². The van der Waals surface area contributed by atoms with E-state index in [0.29, 0.717) is 12.1 Å². The molecule has 3 atom stereocenters. The zero-order chi connectivity index (χ0) is 13.8. The summed E-state index contributed by atoms with van der Waals surface area (Å²) in [7, 11) is 2.16. The topological polar surface area (TPSA) is 15.3 Å². The first-order valence-electron chi connectivity index (χ1n) is 8.58. The van der Waals surface area contributed by atoms with Crippen molar-refractivity contribution in [3.05, 3.63) is 0 Å². The van der Waals surface area contributed by atoms with Crippen LogP contribution in [0.5, 0.6) is 0 Å². The van der Waals surface area contributed by atoms with E-state index < -0.39 is 0 Å². The molecule has 0 aromatic carbocycles. The summed E-state index contributed by atoms with van der Waals surface area (Å²) in [6, 6.07) is 2.19. The van der Waals surface area contributed by atoms with Crippen LogP contribution in [0.3, 0.4) is 0 Å². The Morgan fingerprint density at radius 2 is 1.79 bits per heavy atom. The highest BCUT2D eigenvalue weighted by Crippen LogP contribution is 2.36. The van der Waals surface area contributed by atoms with Gasteiger partial charge in [-0.3, -0.25) is 4.90 Å². The number of likely N-dealkylation sites (N-methyl/N-ethyl adjacent to an activating group) is 1. The van der Waals surface area contributed by atoms with Crippen LogP contribution in [0, 0.1) is 11.8 Å². The van der Waals surface area contributed by atoms with E-state index in [4.69, 9.17) is 0 Å². The van der Waals surface area contributed by atoms with Crippen LogP contribution in [0.25, 0.3) is 0 Å². The van der Waals surface area contributed by atoms with E-state index in [1.807, 2.05) is 0 Å². The molecule has 2 saturated carbocycles. The minimum absolute atomic E-state index is 0.696. The van der Waals surface area contributed by atoms with Gasteiger partial charge in [0.15, 0.2) is 0 Å². The molecule has 2 rings (SSSR count). The third-order valence-corrected chi connectivity index (χ3v) is 5.25. The molecule has 2 nitrogen and oxygen atoms in total. The van der Waals surface area contributed by atoms with Gasteiger partial charge in [-0.2, -0.15) is 0 Å². The zero-order valence-corrected chi connectivity index (χ0v) is 13.5. The van der Waals surface area contributed by atoms with Crippen molar-refractivity contribution in [3.63, 3.8) is 0 Å². The van der Waals surface area contributed by atoms with Crippen molar-refractivity contribution in [3.8, 4) is 0 Å². The molecular weight excluding hydrogens is 232 g/mol. The molecule has 0 radical (unpaired) electrons. The van der Waals surface area contributed by atoms with Crippen LogP contribution in [0.2, 0.25) is 0 Å². The van der Waals surface area contributed by atoms with Crippen molar-refractivity contribution in [2.24, 2.45) is 11.8 Å². The molecule has 2 heteroatoms. The second-order valence-electron chi connectivity index (χ2n) is 7.16. The number of nitrogens with zero attached hydrogens (tertiary/aromatic N) is 1. The number of rotatable bonds is 7. The van der Waals surface area contributed by atoms with Crippen molar-refractivity contribution in [2.45, 2.75) is 83.8 Å². The van der Waals surface area contributed by atoms with Crippen molar-refractivity contribution < 1.29 is 0 Å². The van der Waals surface area contributed by atoms with Gasteiger partial charge in [0.05, 0.1) is 0 Å². The maximum atomic E-state index is 3.60. The fraction of sp³-hybridized carbons (Fsp3) is 1.00. The molecule has 0 aliphatic heterocycles. The minimum Gasteiger partial charge on any atom is -0.315 e. The van der Waals surface area contributed by atoms with Crippen molar-refractivity contribution in [1.29, 1.82) is 0 Å². The molecule has 3 unspecified atom stereocenters. The Labute approximate surface area is 120 Å². The Bertz CT molecular complexity index is 260. The highest BCUT2D eigenvalue weighted by Gasteiger charge is 2.36. The molecule has 19 heavy (non-hydrogen) atoms. The highest BCUT2D eigenvalue weighted by atomic mass is 15.2. The Morgan fingerprint density at radius 3 is 2.32 bits per heavy atom. The van der Waals surface area contributed by atoms with Crippen LogP contribution in [-0.2, 0) is 0 Å². The number of hydrogen-bond donors (Lipinski definition) is 1. The van der Waals surface area contributed by atoms with E-state index in [2.05, 4.69) is 38.0 Å². The summed E-state index contributed by atoms with van der Waals surface area (Å²) in [5, 5.41) is 3.60. The molecule has 0 amide bonds. The second-order valence-corrected chi connectivity index (χ2v) is 7.16. The Balaban J connectivity index is 2.00. The fourth-order valence-corrected chi connectivity index (χ4v) is 3.93. The van der Waals surface area contributed by atoms with Crippen LogP contribution in [0.15, 0.2) is 0 Å². The van der Waals surface area contributed by atoms with E-state index in [9.17, 15) is 0 Å². The van der Waals surface area contributed by atoms with Gasteiger partial charge < -0.3 is 5.32 Å². The standard InChI is InChI=1S/C17H34N2/c1-5-6-14-9-10-16(18-4)17(11-14)19(13(2)3)12-15-7-8-15/h13-18H,5-12H2,1-4H3. The first kappa shape index (κ1) is 15.3. The monoisotopic (exact) mass is 266 g/mol. The predicted octanol–water partition coefficient (Wildman–Crippen LogP) is 3.66. The minimum atomic E-state index is 0.696. The van der Waals surface area contributed by atoms with Crippen LogP contribution >= 0.6 is 0 Å². The van der Waals surface area contributed by atoms with Crippen LogP contribution in [0.4, 0.5) is 0 Å². The molecule has 0 saturated heterocycles. The van der Waals surface area contributed by atoms with E-state index in [-0.39, 0.29) is 0 Å². The first-order chi connectivity index (χ1) is 9.15. The van der Waals surface area contributed by atoms with E-state index >= 15 is 0 Å². The molecule has 2 aliphatic carbocycles. The lowest BCUT2D eigenvalue weighted by molar-refractivity contribution is 0.0674. The quantitative estimate of drug-likeness (QED) is 0.756. The molecule has 0 bridgehead atoms. The third-order valence-electron chi connectivity index (χ3n) is 5.25. The van der Waals surface area contributed by atoms with Gasteiger partial charge in [-0.15, -0.1) is 0 Å². The van der Waals surface area contributed by atoms with Crippen LogP contribution < -0.4 is 5.32 Å². The van der Waals surface area contributed by atoms with Gasteiger partial charge in [0.2, 0.25) is 0 Å². The van der Waals surface area contributed by atoms with Gasteiger partial charge in [0.25, 0.3) is 0 Å². The smallest absolute Gasteiger partial charge is 0.0254 e. The average molecular weight is 266 g/mol. The first-order valence-corrected chi connectivity index (χ1v) is 8.58. The predicted molar refractivity (Wildman–Crippen MR) is 83.5 cm³/mol. The van der Waals surface area contributed by atoms with E-state index in [0.717, 1.165) is 17.9 Å². The van der Waals surface area contributed by atoms with Gasteiger partial charge in [0, 0.05) is 24.7 Å². The van der Waals surface area contributed by atoms with Gasteiger partial charge in [-0.25, -0.2) is 0 Å². The van der Waals surface area contributed by atoms with Crippen molar-refractivity contribution >= 4 is 0 Å². The SMILES string of the molecule is CCCC1CCC(NC)C(N(CC2CC2)C(C)C)C1. The molecule has 0 aromatic rings. The zero-order valence-electron chi connectivity index (χ0n) is 13.5. The summed E-state index contributed by atoms with van der Waals surface area (Å²) in [5.41, 5.74) is 0. The lowest BCUT2D eigenvalue weighted by Crippen LogP contribution is -2.55. The molecule has 0 aromatic heterocycles. The Morgan fingerprint density at radius 1 is 1.11 bits per heavy atom. The summed E-state index contributed by atoms with van der Waals surface area (Å²) in [6.45, 7) is 8.46. The van der Waals surface area contributed by atoms with Crippen LogP contribution in [0.1, 0.15) is 65.7 Å². The maximum Gasteiger partial charge on any atom is 0.0254 e. The number of nitrogens with one attached hydrogen (secondary N) is 1. The van der Waals surface area contributed by atoms with Crippen LogP contribution in [-0.4, -0.2) is 36.6 Å². The van der Waals surface area contributed by atoms with E-state index in [1.165, 1.54) is 51.5 Å². The molecule has 0 spiro atoms. The van der Waals surface area contributed by atoms with Gasteiger partial charge >= 0.3 is 0 Å². The fourth-order valence-electron chi connectivity index (χ4n) is 3.93. The Hall–Kier alpha value is -0.0800. The lowest BCUT2D eigenvalue weighted by Gasteiger charge is -2.45. The lowest BCUT2D eigenvalue weighted by atomic mass is 9.79. The molecule has 112 valence electrons. The largest absolute Gasteiger partial charge is 0.315 e. The maximum absolute atomic E-state index is 3.60. The number of hydrogen-bond acceptors (Lipinski definition) is 2. The summed E-state index contributed by atoms with van der Waals surface area (Å²) >= 11 is 0. The Kier molecular flexibility index (Phi) is 5.70. The summed E-state index contributed by atoms with van der Waals surface area (Å²) in [6.07, 6.45) is 9.96. The summed E-state index contributed by atoms with van der Waals surface area (Å²) in [5.74, 6) is 1.98. The molecule has 2 fully saturated rings. The molecule has 0 heterocycles. The molecule has 1 N–H and O–H groups in total. The molecule has 2 aliphatic rings. The van der Waals surface area contributed by atoms with E-state index in [1.54, 1.807) is 0 Å². The van der Waals surface area contributed by atoms with Gasteiger partial charge in [-0.05, 0) is 64.8 Å². The van der Waals surface area contributed by atoms with Gasteiger partial charge in [0.1, 0.15) is 0 Å². The third kappa shape index (κ3) is 4.19.